The largest absolute Gasteiger partial charge is 0.355 e. The van der Waals surface area contributed by atoms with E-state index in [0.29, 0.717) is 27.6 Å². The van der Waals surface area contributed by atoms with Crippen molar-refractivity contribution in [1.82, 2.24) is 24.8 Å². The number of anilines is 1. The second-order valence-corrected chi connectivity index (χ2v) is 8.71. The minimum atomic E-state index is -0.410. The maximum absolute atomic E-state index is 13.4. The molecular weight excluding hydrogens is 423 g/mol. The van der Waals surface area contributed by atoms with Crippen molar-refractivity contribution < 1.29 is 0 Å². The van der Waals surface area contributed by atoms with E-state index in [0.717, 1.165) is 30.9 Å². The van der Waals surface area contributed by atoms with Crippen LogP contribution in [-0.4, -0.2) is 45.2 Å². The fourth-order valence-corrected chi connectivity index (χ4v) is 4.23. The summed E-state index contributed by atoms with van der Waals surface area (Å²) in [5.41, 5.74) is 2.43. The number of nitrogens with zero attached hydrogens (tertiary/aromatic N) is 5. The predicted octanol–water partition coefficient (Wildman–Crippen LogP) is 3.71. The zero-order valence-electron chi connectivity index (χ0n) is 17.4. The lowest BCUT2D eigenvalue weighted by atomic mass is 10.0. The Kier molecular flexibility index (Phi) is 5.70. The molecule has 3 aromatic heterocycles. The number of aromatic nitrogens is 4. The summed E-state index contributed by atoms with van der Waals surface area (Å²) in [6.45, 7) is 10.5. The molecule has 0 aromatic carbocycles. The van der Waals surface area contributed by atoms with E-state index in [-0.39, 0.29) is 17.1 Å². The van der Waals surface area contributed by atoms with Crippen LogP contribution in [0.4, 0.5) is 5.82 Å². The first-order chi connectivity index (χ1) is 14.3. The molecule has 1 saturated heterocycles. The summed E-state index contributed by atoms with van der Waals surface area (Å²) in [6.07, 6.45) is 1.75. The molecule has 7 nitrogen and oxygen atoms in total. The third kappa shape index (κ3) is 3.55. The lowest BCUT2D eigenvalue weighted by molar-refractivity contribution is 0.497. The van der Waals surface area contributed by atoms with E-state index >= 15 is 0 Å². The van der Waals surface area contributed by atoms with E-state index in [1.807, 2.05) is 26.8 Å². The molecule has 4 heterocycles. The number of hydrogen-bond donors (Lipinski definition) is 1. The van der Waals surface area contributed by atoms with Gasteiger partial charge in [0.2, 0.25) is 0 Å². The molecule has 0 radical (unpaired) electrons. The van der Waals surface area contributed by atoms with Crippen molar-refractivity contribution in [2.24, 2.45) is 0 Å². The second-order valence-electron chi connectivity index (χ2n) is 7.95. The Bertz CT molecular complexity index is 1180. The molecule has 9 heteroatoms. The quantitative estimate of drug-likeness (QED) is 0.617. The van der Waals surface area contributed by atoms with E-state index in [9.17, 15) is 4.79 Å². The van der Waals surface area contributed by atoms with Gasteiger partial charge in [-0.15, -0.1) is 0 Å². The maximum atomic E-state index is 13.4. The molecule has 0 amide bonds. The van der Waals surface area contributed by atoms with Crippen molar-refractivity contribution in [3.63, 3.8) is 0 Å². The summed E-state index contributed by atoms with van der Waals surface area (Å²) in [6, 6.07) is 3.80. The number of halogens is 2. The van der Waals surface area contributed by atoms with E-state index in [1.54, 1.807) is 12.3 Å². The number of nitrogens with one attached hydrogen (secondary N) is 1. The molecule has 1 N–H and O–H groups in total. The highest BCUT2D eigenvalue weighted by Crippen LogP contribution is 2.33. The summed E-state index contributed by atoms with van der Waals surface area (Å²) in [5.74, 6) is 0.691. The van der Waals surface area contributed by atoms with Gasteiger partial charge in [-0.05, 0) is 37.5 Å². The van der Waals surface area contributed by atoms with Gasteiger partial charge in [0.05, 0.1) is 21.8 Å². The molecule has 0 bridgehead atoms. The molecule has 4 rings (SSSR count). The number of fused-ring (bicyclic) bond motifs is 1. The summed E-state index contributed by atoms with van der Waals surface area (Å²) in [7, 11) is 0. The number of hydrogen-bond acceptors (Lipinski definition) is 6. The predicted molar refractivity (Wildman–Crippen MR) is 121 cm³/mol. The second kappa shape index (κ2) is 8.13. The van der Waals surface area contributed by atoms with Crippen molar-refractivity contribution in [3.05, 3.63) is 50.2 Å². The molecular formula is C21H24Cl2N6O. The van der Waals surface area contributed by atoms with Crippen LogP contribution in [0.2, 0.25) is 10.2 Å². The van der Waals surface area contributed by atoms with Gasteiger partial charge in [0.1, 0.15) is 11.0 Å². The standard InChI is InChI=1S/C21H24Cl2N6O/c1-11(2)16-17(12(3)5-6-25-16)29-20-14(9-15(22)18(23)26-20)19(27-21(29)30)28-8-7-24-10-13(28)4/h5-6,9,11,13,24H,7-8,10H2,1-4H3/t13-/m0/s1. The van der Waals surface area contributed by atoms with Crippen LogP contribution in [0.15, 0.2) is 23.1 Å². The van der Waals surface area contributed by atoms with Crippen molar-refractivity contribution in [1.29, 1.82) is 0 Å². The Labute approximate surface area is 185 Å². The maximum Gasteiger partial charge on any atom is 0.355 e. The molecule has 0 spiro atoms. The lowest BCUT2D eigenvalue weighted by Crippen LogP contribution is -2.50. The lowest BCUT2D eigenvalue weighted by Gasteiger charge is -2.35. The molecule has 0 saturated carbocycles. The number of aryl methyl sites for hydroxylation is 1. The van der Waals surface area contributed by atoms with Gasteiger partial charge < -0.3 is 10.2 Å². The molecule has 0 unspecified atom stereocenters. The van der Waals surface area contributed by atoms with Gasteiger partial charge in [-0.2, -0.15) is 4.98 Å². The number of pyridine rings is 2. The van der Waals surface area contributed by atoms with Crippen LogP contribution in [0.5, 0.6) is 0 Å². The summed E-state index contributed by atoms with van der Waals surface area (Å²) >= 11 is 12.6. The van der Waals surface area contributed by atoms with Gasteiger partial charge in [-0.1, -0.05) is 37.0 Å². The molecule has 3 aromatic rings. The Morgan fingerprint density at radius 1 is 1.27 bits per heavy atom. The third-order valence-electron chi connectivity index (χ3n) is 5.46. The van der Waals surface area contributed by atoms with Crippen LogP contribution in [-0.2, 0) is 0 Å². The zero-order chi connectivity index (χ0) is 21.6. The normalized spacial score (nSPS) is 17.2. The summed E-state index contributed by atoms with van der Waals surface area (Å²) in [4.78, 5) is 29.1. The molecule has 0 aliphatic carbocycles. The number of rotatable bonds is 3. The van der Waals surface area contributed by atoms with Crippen molar-refractivity contribution in [2.75, 3.05) is 24.5 Å². The van der Waals surface area contributed by atoms with E-state index in [4.69, 9.17) is 23.2 Å². The van der Waals surface area contributed by atoms with Crippen LogP contribution >= 0.6 is 23.2 Å². The highest BCUT2D eigenvalue weighted by atomic mass is 35.5. The Morgan fingerprint density at radius 3 is 2.73 bits per heavy atom. The van der Waals surface area contributed by atoms with Crippen LogP contribution in [0.3, 0.4) is 0 Å². The molecule has 1 atom stereocenters. The Hall–Kier alpha value is -2.22. The van der Waals surface area contributed by atoms with Crippen molar-refractivity contribution in [3.8, 4) is 5.69 Å². The third-order valence-corrected chi connectivity index (χ3v) is 6.13. The fourth-order valence-electron chi connectivity index (χ4n) is 3.94. The van der Waals surface area contributed by atoms with Crippen LogP contribution in [0.25, 0.3) is 16.7 Å². The van der Waals surface area contributed by atoms with Gasteiger partial charge >= 0.3 is 5.69 Å². The van der Waals surface area contributed by atoms with Gasteiger partial charge in [0.25, 0.3) is 0 Å². The average molecular weight is 447 g/mol. The Morgan fingerprint density at radius 2 is 2.03 bits per heavy atom. The highest BCUT2D eigenvalue weighted by Gasteiger charge is 2.26. The minimum absolute atomic E-state index is 0.109. The molecule has 1 aliphatic rings. The fraction of sp³-hybridized carbons (Fsp3) is 0.429. The summed E-state index contributed by atoms with van der Waals surface area (Å²) < 4.78 is 1.52. The smallest absolute Gasteiger partial charge is 0.351 e. The summed E-state index contributed by atoms with van der Waals surface area (Å²) in [5, 5.41) is 4.52. The molecule has 1 fully saturated rings. The van der Waals surface area contributed by atoms with Crippen molar-refractivity contribution >= 4 is 40.1 Å². The van der Waals surface area contributed by atoms with E-state index < -0.39 is 5.69 Å². The molecule has 1 aliphatic heterocycles. The highest BCUT2D eigenvalue weighted by molar-refractivity contribution is 6.41. The Balaban J connectivity index is 2.10. The first-order valence-corrected chi connectivity index (χ1v) is 10.8. The van der Waals surface area contributed by atoms with Gasteiger partial charge in [0.15, 0.2) is 5.65 Å². The van der Waals surface area contributed by atoms with Gasteiger partial charge in [0, 0.05) is 31.9 Å². The zero-order valence-corrected chi connectivity index (χ0v) is 18.9. The first kappa shape index (κ1) is 21.0. The monoisotopic (exact) mass is 446 g/mol. The van der Waals surface area contributed by atoms with Crippen LogP contribution in [0.1, 0.15) is 37.9 Å². The molecule has 158 valence electrons. The number of piperazine rings is 1. The van der Waals surface area contributed by atoms with Crippen LogP contribution < -0.4 is 15.9 Å². The topological polar surface area (TPSA) is 75.9 Å². The van der Waals surface area contributed by atoms with Crippen molar-refractivity contribution in [2.45, 2.75) is 39.7 Å². The molecule has 30 heavy (non-hydrogen) atoms. The first-order valence-electron chi connectivity index (χ1n) is 10.0. The SMILES string of the molecule is Cc1ccnc(C(C)C)c1-n1c(=O)nc(N2CCNC[C@@H]2C)c2cc(Cl)c(Cl)nc21. The minimum Gasteiger partial charge on any atom is -0.351 e. The van der Waals surface area contributed by atoms with Gasteiger partial charge in [-0.25, -0.2) is 14.3 Å². The average Bonchev–Trinajstić information content (AvgIpc) is 2.70. The van der Waals surface area contributed by atoms with E-state index in [1.165, 1.54) is 4.57 Å². The van der Waals surface area contributed by atoms with Crippen LogP contribution in [0, 0.1) is 6.92 Å². The van der Waals surface area contributed by atoms with Gasteiger partial charge in [-0.3, -0.25) is 4.98 Å². The van der Waals surface area contributed by atoms with E-state index in [2.05, 4.69) is 32.1 Å².